The van der Waals surface area contributed by atoms with Crippen molar-refractivity contribution in [1.82, 2.24) is 24.6 Å². The molecule has 1 aliphatic rings. The standard InChI is InChI=1S/C23H30N6O3/c1-15-11-16(2)29(27-15)21-13-20(25-23(26-21)19-6-5-17(3)32-19)24-22(30)12-18-7-8-28(14-18)9-10-31-4/h5-6,11,13,18H,7-10,12,14H2,1-4H3,(H,24,25,26,30)/t18-/m1/s1. The summed E-state index contributed by atoms with van der Waals surface area (Å²) in [6.07, 6.45) is 1.47. The summed E-state index contributed by atoms with van der Waals surface area (Å²) < 4.78 is 12.6. The van der Waals surface area contributed by atoms with E-state index in [1.165, 1.54) is 0 Å². The average Bonchev–Trinajstić information content (AvgIpc) is 3.46. The van der Waals surface area contributed by atoms with Crippen LogP contribution in [0.25, 0.3) is 17.4 Å². The van der Waals surface area contributed by atoms with E-state index in [1.54, 1.807) is 17.9 Å². The van der Waals surface area contributed by atoms with Crippen molar-refractivity contribution in [3.63, 3.8) is 0 Å². The van der Waals surface area contributed by atoms with E-state index in [-0.39, 0.29) is 5.91 Å². The van der Waals surface area contributed by atoms with Gasteiger partial charge in [0, 0.05) is 38.4 Å². The molecule has 1 saturated heterocycles. The molecule has 1 amide bonds. The first-order valence-electron chi connectivity index (χ1n) is 10.9. The highest BCUT2D eigenvalue weighted by atomic mass is 16.5. The van der Waals surface area contributed by atoms with Crippen LogP contribution in [0.1, 0.15) is 30.0 Å². The molecular formula is C23H30N6O3. The van der Waals surface area contributed by atoms with Crippen molar-refractivity contribution in [3.8, 4) is 17.4 Å². The maximum Gasteiger partial charge on any atom is 0.225 e. The molecule has 1 aliphatic heterocycles. The number of nitrogens with zero attached hydrogens (tertiary/aromatic N) is 5. The molecule has 3 aromatic rings. The van der Waals surface area contributed by atoms with Crippen LogP contribution in [-0.4, -0.2) is 63.9 Å². The smallest absolute Gasteiger partial charge is 0.225 e. The molecule has 9 nitrogen and oxygen atoms in total. The summed E-state index contributed by atoms with van der Waals surface area (Å²) in [5, 5.41) is 7.49. The van der Waals surface area contributed by atoms with Crippen LogP contribution >= 0.6 is 0 Å². The molecule has 9 heteroatoms. The second-order valence-corrected chi connectivity index (χ2v) is 8.38. The molecule has 0 bridgehead atoms. The Bertz CT molecular complexity index is 1090. The predicted octanol–water partition coefficient (Wildman–Crippen LogP) is 3.14. The van der Waals surface area contributed by atoms with E-state index < -0.39 is 0 Å². The Morgan fingerprint density at radius 2 is 2.09 bits per heavy atom. The number of aromatic nitrogens is 4. The number of carbonyl (C=O) groups is 1. The van der Waals surface area contributed by atoms with Crippen molar-refractivity contribution in [2.45, 2.75) is 33.6 Å². The fourth-order valence-electron chi connectivity index (χ4n) is 4.09. The number of anilines is 1. The number of amides is 1. The van der Waals surface area contributed by atoms with Gasteiger partial charge in [-0.3, -0.25) is 4.79 Å². The zero-order valence-electron chi connectivity index (χ0n) is 19.1. The highest BCUT2D eigenvalue weighted by Gasteiger charge is 2.24. The van der Waals surface area contributed by atoms with Crippen molar-refractivity contribution in [1.29, 1.82) is 0 Å². The first-order valence-corrected chi connectivity index (χ1v) is 10.9. The van der Waals surface area contributed by atoms with Gasteiger partial charge in [0.05, 0.1) is 12.3 Å². The molecule has 4 heterocycles. The summed E-state index contributed by atoms with van der Waals surface area (Å²) in [6, 6.07) is 7.42. The fourth-order valence-corrected chi connectivity index (χ4v) is 4.09. The number of furan rings is 1. The Morgan fingerprint density at radius 3 is 2.78 bits per heavy atom. The summed E-state index contributed by atoms with van der Waals surface area (Å²) in [5.74, 6) is 3.02. The molecule has 0 saturated carbocycles. The molecule has 0 unspecified atom stereocenters. The number of carbonyl (C=O) groups excluding carboxylic acids is 1. The quantitative estimate of drug-likeness (QED) is 0.577. The molecule has 170 valence electrons. The van der Waals surface area contributed by atoms with Crippen LogP contribution in [0.2, 0.25) is 0 Å². The molecule has 0 aliphatic carbocycles. The van der Waals surface area contributed by atoms with Gasteiger partial charge in [0.2, 0.25) is 5.91 Å². The molecule has 1 atom stereocenters. The van der Waals surface area contributed by atoms with E-state index in [1.807, 2.05) is 39.0 Å². The summed E-state index contributed by atoms with van der Waals surface area (Å²) in [4.78, 5) is 24.3. The lowest BCUT2D eigenvalue weighted by Crippen LogP contribution is -2.26. The third-order valence-corrected chi connectivity index (χ3v) is 5.62. The predicted molar refractivity (Wildman–Crippen MR) is 121 cm³/mol. The average molecular weight is 439 g/mol. The number of likely N-dealkylation sites (tertiary alicyclic amines) is 1. The zero-order valence-corrected chi connectivity index (χ0v) is 19.1. The van der Waals surface area contributed by atoms with Crippen LogP contribution < -0.4 is 5.32 Å². The van der Waals surface area contributed by atoms with E-state index in [0.29, 0.717) is 42.2 Å². The lowest BCUT2D eigenvalue weighted by molar-refractivity contribution is -0.117. The first kappa shape index (κ1) is 22.2. The van der Waals surface area contributed by atoms with E-state index >= 15 is 0 Å². The third kappa shape index (κ3) is 5.23. The Morgan fingerprint density at radius 1 is 1.25 bits per heavy atom. The van der Waals surface area contributed by atoms with Gasteiger partial charge >= 0.3 is 0 Å². The maximum atomic E-state index is 12.8. The van der Waals surface area contributed by atoms with Crippen molar-refractivity contribution < 1.29 is 13.9 Å². The number of hydrogen-bond acceptors (Lipinski definition) is 7. The Balaban J connectivity index is 1.53. The first-order chi connectivity index (χ1) is 15.4. The van der Waals surface area contributed by atoms with E-state index in [2.05, 4.69) is 25.3 Å². The Hall–Kier alpha value is -3.04. The number of aryl methyl sites for hydroxylation is 3. The maximum absolute atomic E-state index is 12.8. The van der Waals surface area contributed by atoms with Crippen LogP contribution in [0.3, 0.4) is 0 Å². The van der Waals surface area contributed by atoms with Crippen LogP contribution in [0, 0.1) is 26.7 Å². The van der Waals surface area contributed by atoms with Crippen molar-refractivity contribution >= 4 is 11.7 Å². The van der Waals surface area contributed by atoms with Gasteiger partial charge in [-0.25, -0.2) is 14.6 Å². The highest BCUT2D eigenvalue weighted by Crippen LogP contribution is 2.24. The van der Waals surface area contributed by atoms with E-state index in [9.17, 15) is 4.79 Å². The second-order valence-electron chi connectivity index (χ2n) is 8.38. The minimum atomic E-state index is -0.0526. The number of rotatable bonds is 8. The summed E-state index contributed by atoms with van der Waals surface area (Å²) in [5.41, 5.74) is 1.84. The number of hydrogen-bond donors (Lipinski definition) is 1. The lowest BCUT2D eigenvalue weighted by Gasteiger charge is -2.15. The van der Waals surface area contributed by atoms with Crippen LogP contribution in [0.15, 0.2) is 28.7 Å². The van der Waals surface area contributed by atoms with Crippen molar-refractivity contribution in [2.24, 2.45) is 5.92 Å². The molecule has 1 fully saturated rings. The van der Waals surface area contributed by atoms with Gasteiger partial charge in [-0.1, -0.05) is 0 Å². The van der Waals surface area contributed by atoms with E-state index in [0.717, 1.165) is 43.2 Å². The SMILES string of the molecule is COCCN1CC[C@H](CC(=O)Nc2cc(-n3nc(C)cc3C)nc(-c3ccc(C)o3)n2)C1. The minimum absolute atomic E-state index is 0.0526. The van der Waals surface area contributed by atoms with Gasteiger partial charge in [0.1, 0.15) is 11.6 Å². The largest absolute Gasteiger partial charge is 0.458 e. The van der Waals surface area contributed by atoms with Gasteiger partial charge in [0.15, 0.2) is 17.4 Å². The second kappa shape index (κ2) is 9.62. The van der Waals surface area contributed by atoms with Crippen LogP contribution in [0.4, 0.5) is 5.82 Å². The fraction of sp³-hybridized carbons (Fsp3) is 0.478. The molecule has 4 rings (SSSR count). The van der Waals surface area contributed by atoms with Crippen LogP contribution in [-0.2, 0) is 9.53 Å². The molecule has 0 spiro atoms. The molecule has 32 heavy (non-hydrogen) atoms. The molecule has 3 aromatic heterocycles. The van der Waals surface area contributed by atoms with Gasteiger partial charge in [-0.15, -0.1) is 0 Å². The minimum Gasteiger partial charge on any atom is -0.458 e. The normalized spacial score (nSPS) is 16.6. The molecule has 1 N–H and O–H groups in total. The number of ether oxygens (including phenoxy) is 1. The lowest BCUT2D eigenvalue weighted by atomic mass is 10.0. The number of nitrogens with one attached hydrogen (secondary N) is 1. The summed E-state index contributed by atoms with van der Waals surface area (Å²) in [6.45, 7) is 9.29. The topological polar surface area (TPSA) is 98.3 Å². The van der Waals surface area contributed by atoms with Crippen molar-refractivity contribution in [2.75, 3.05) is 38.7 Å². The zero-order chi connectivity index (χ0) is 22.7. The Labute approximate surface area is 187 Å². The number of methoxy groups -OCH3 is 1. The van der Waals surface area contributed by atoms with Crippen molar-refractivity contribution in [3.05, 3.63) is 41.4 Å². The summed E-state index contributed by atoms with van der Waals surface area (Å²) >= 11 is 0. The summed E-state index contributed by atoms with van der Waals surface area (Å²) in [7, 11) is 1.71. The van der Waals surface area contributed by atoms with Gasteiger partial charge in [-0.2, -0.15) is 5.10 Å². The monoisotopic (exact) mass is 438 g/mol. The van der Waals surface area contributed by atoms with Crippen LogP contribution in [0.5, 0.6) is 0 Å². The van der Waals surface area contributed by atoms with E-state index in [4.69, 9.17) is 9.15 Å². The Kier molecular flexibility index (Phi) is 6.66. The van der Waals surface area contributed by atoms with Gasteiger partial charge < -0.3 is 19.4 Å². The molecule has 0 aromatic carbocycles. The molecular weight excluding hydrogens is 408 g/mol. The highest BCUT2D eigenvalue weighted by molar-refractivity contribution is 5.90. The molecule has 0 radical (unpaired) electrons. The third-order valence-electron chi connectivity index (χ3n) is 5.62. The van der Waals surface area contributed by atoms with Gasteiger partial charge in [0.25, 0.3) is 0 Å². The van der Waals surface area contributed by atoms with Gasteiger partial charge in [-0.05, 0) is 57.9 Å².